The Morgan fingerprint density at radius 3 is 2.07 bits per heavy atom. The molecule has 0 amide bonds. The van der Waals surface area contributed by atoms with Crippen molar-refractivity contribution in [3.8, 4) is 0 Å². The number of hydrogen-bond donors (Lipinski definition) is 2. The minimum atomic E-state index is -0.827. The second kappa shape index (κ2) is 4.79. The zero-order valence-electron chi connectivity index (χ0n) is 8.44. The van der Waals surface area contributed by atoms with E-state index in [1.54, 1.807) is 26.0 Å². The van der Waals surface area contributed by atoms with Crippen LogP contribution in [0.25, 0.3) is 0 Å². The quantitative estimate of drug-likeness (QED) is 0.873. The van der Waals surface area contributed by atoms with E-state index in [0.717, 1.165) is 0 Å². The van der Waals surface area contributed by atoms with Crippen molar-refractivity contribution in [3.05, 3.63) is 27.2 Å². The van der Waals surface area contributed by atoms with Crippen molar-refractivity contribution in [3.63, 3.8) is 0 Å². The SMILES string of the molecule is CC(C)(O)CNc1c(Cl)cc(Cl)cc1Cl. The standard InChI is InChI=1S/C10H12Cl3NO/c1-10(2,15)5-14-9-7(12)3-6(11)4-8(9)13/h3-4,14-15H,5H2,1-2H3. The minimum Gasteiger partial charge on any atom is -0.389 e. The molecule has 5 heteroatoms. The van der Waals surface area contributed by atoms with Crippen LogP contribution in [0.5, 0.6) is 0 Å². The van der Waals surface area contributed by atoms with E-state index in [1.807, 2.05) is 0 Å². The highest BCUT2D eigenvalue weighted by Gasteiger charge is 2.14. The van der Waals surface area contributed by atoms with Gasteiger partial charge in [-0.2, -0.15) is 0 Å². The molecule has 0 aliphatic heterocycles. The number of halogens is 3. The molecule has 0 aliphatic carbocycles. The Bertz CT molecular complexity index is 337. The van der Waals surface area contributed by atoms with Crippen LogP contribution < -0.4 is 5.32 Å². The molecule has 0 spiro atoms. The van der Waals surface area contributed by atoms with E-state index in [-0.39, 0.29) is 0 Å². The van der Waals surface area contributed by atoms with Crippen molar-refractivity contribution < 1.29 is 5.11 Å². The molecule has 84 valence electrons. The molecule has 1 aromatic carbocycles. The fourth-order valence-electron chi connectivity index (χ4n) is 1.02. The van der Waals surface area contributed by atoms with Gasteiger partial charge < -0.3 is 10.4 Å². The first-order valence-corrected chi connectivity index (χ1v) is 5.54. The molecule has 0 fully saturated rings. The van der Waals surface area contributed by atoms with Gasteiger partial charge in [-0.15, -0.1) is 0 Å². The van der Waals surface area contributed by atoms with E-state index in [0.29, 0.717) is 27.3 Å². The summed E-state index contributed by atoms with van der Waals surface area (Å²) in [6.07, 6.45) is 0. The molecule has 0 aromatic heterocycles. The fraction of sp³-hybridized carbons (Fsp3) is 0.400. The maximum Gasteiger partial charge on any atom is 0.0763 e. The average Bonchev–Trinajstić information content (AvgIpc) is 1.99. The van der Waals surface area contributed by atoms with Crippen LogP contribution in [0.1, 0.15) is 13.8 Å². The van der Waals surface area contributed by atoms with Crippen molar-refractivity contribution in [2.75, 3.05) is 11.9 Å². The van der Waals surface area contributed by atoms with Gasteiger partial charge >= 0.3 is 0 Å². The molecule has 0 atom stereocenters. The maximum atomic E-state index is 9.54. The smallest absolute Gasteiger partial charge is 0.0763 e. The third kappa shape index (κ3) is 4.07. The van der Waals surface area contributed by atoms with Gasteiger partial charge in [0.1, 0.15) is 0 Å². The number of benzene rings is 1. The van der Waals surface area contributed by atoms with E-state index in [2.05, 4.69) is 5.32 Å². The average molecular weight is 269 g/mol. The van der Waals surface area contributed by atoms with E-state index in [4.69, 9.17) is 34.8 Å². The largest absolute Gasteiger partial charge is 0.389 e. The van der Waals surface area contributed by atoms with Gasteiger partial charge in [-0.25, -0.2) is 0 Å². The summed E-state index contributed by atoms with van der Waals surface area (Å²) >= 11 is 17.7. The predicted molar refractivity (Wildman–Crippen MR) is 66.3 cm³/mol. The highest BCUT2D eigenvalue weighted by Crippen LogP contribution is 2.33. The molecular weight excluding hydrogens is 256 g/mol. The van der Waals surface area contributed by atoms with E-state index in [9.17, 15) is 5.11 Å². The van der Waals surface area contributed by atoms with Crippen molar-refractivity contribution in [2.24, 2.45) is 0 Å². The van der Waals surface area contributed by atoms with Gasteiger partial charge in [-0.05, 0) is 26.0 Å². The lowest BCUT2D eigenvalue weighted by atomic mass is 10.1. The predicted octanol–water partition coefficient (Wildman–Crippen LogP) is 3.83. The third-order valence-corrected chi connectivity index (χ3v) is 2.52. The van der Waals surface area contributed by atoms with Gasteiger partial charge in [0.25, 0.3) is 0 Å². The highest BCUT2D eigenvalue weighted by atomic mass is 35.5. The lowest BCUT2D eigenvalue weighted by molar-refractivity contribution is 0.0945. The molecular formula is C10H12Cl3NO. The Balaban J connectivity index is 2.86. The summed E-state index contributed by atoms with van der Waals surface area (Å²) < 4.78 is 0. The van der Waals surface area contributed by atoms with E-state index >= 15 is 0 Å². The Kier molecular flexibility index (Phi) is 4.13. The van der Waals surface area contributed by atoms with Crippen LogP contribution in [-0.4, -0.2) is 17.3 Å². The topological polar surface area (TPSA) is 32.3 Å². The summed E-state index contributed by atoms with van der Waals surface area (Å²) in [6, 6.07) is 3.20. The summed E-state index contributed by atoms with van der Waals surface area (Å²) in [5, 5.41) is 13.9. The van der Waals surface area contributed by atoms with E-state index < -0.39 is 5.60 Å². The fourth-order valence-corrected chi connectivity index (χ4v) is 1.97. The van der Waals surface area contributed by atoms with Crippen molar-refractivity contribution in [1.82, 2.24) is 0 Å². The molecule has 1 rings (SSSR count). The summed E-state index contributed by atoms with van der Waals surface area (Å²) in [7, 11) is 0. The van der Waals surface area contributed by atoms with E-state index in [1.165, 1.54) is 0 Å². The second-order valence-corrected chi connectivity index (χ2v) is 5.16. The molecule has 1 aromatic rings. The van der Waals surface area contributed by atoms with Gasteiger partial charge in [-0.3, -0.25) is 0 Å². The normalized spacial score (nSPS) is 11.6. The lowest BCUT2D eigenvalue weighted by Gasteiger charge is -2.19. The number of aliphatic hydroxyl groups is 1. The summed E-state index contributed by atoms with van der Waals surface area (Å²) in [6.45, 7) is 3.74. The van der Waals surface area contributed by atoms with Crippen LogP contribution in [0.3, 0.4) is 0 Å². The number of nitrogens with one attached hydrogen (secondary N) is 1. The van der Waals surface area contributed by atoms with Gasteiger partial charge in [-0.1, -0.05) is 34.8 Å². The van der Waals surface area contributed by atoms with Crippen LogP contribution in [0.4, 0.5) is 5.69 Å². The van der Waals surface area contributed by atoms with Crippen molar-refractivity contribution in [2.45, 2.75) is 19.4 Å². The summed E-state index contributed by atoms with van der Waals surface area (Å²) in [4.78, 5) is 0. The Hall–Kier alpha value is -0.150. The number of anilines is 1. The van der Waals surface area contributed by atoms with Crippen LogP contribution in [0, 0.1) is 0 Å². The van der Waals surface area contributed by atoms with Crippen LogP contribution in [0.15, 0.2) is 12.1 Å². The summed E-state index contributed by atoms with van der Waals surface area (Å²) in [5.41, 5.74) is -0.239. The molecule has 0 saturated carbocycles. The first kappa shape index (κ1) is 12.9. The molecule has 15 heavy (non-hydrogen) atoms. The van der Waals surface area contributed by atoms with Gasteiger partial charge in [0, 0.05) is 11.6 Å². The monoisotopic (exact) mass is 267 g/mol. The molecule has 0 heterocycles. The lowest BCUT2D eigenvalue weighted by Crippen LogP contribution is -2.29. The van der Waals surface area contributed by atoms with Gasteiger partial charge in [0.15, 0.2) is 0 Å². The molecule has 0 radical (unpaired) electrons. The first-order chi connectivity index (χ1) is 6.79. The molecule has 2 nitrogen and oxygen atoms in total. The maximum absolute atomic E-state index is 9.54. The van der Waals surface area contributed by atoms with Crippen molar-refractivity contribution >= 4 is 40.5 Å². The molecule has 0 saturated heterocycles. The van der Waals surface area contributed by atoms with Crippen molar-refractivity contribution in [1.29, 1.82) is 0 Å². The van der Waals surface area contributed by atoms with Gasteiger partial charge in [0.05, 0.1) is 21.3 Å². The highest BCUT2D eigenvalue weighted by molar-refractivity contribution is 6.41. The Morgan fingerprint density at radius 2 is 1.67 bits per heavy atom. The zero-order valence-corrected chi connectivity index (χ0v) is 10.7. The summed E-state index contributed by atoms with van der Waals surface area (Å²) in [5.74, 6) is 0. The van der Waals surface area contributed by atoms with Crippen LogP contribution in [-0.2, 0) is 0 Å². The molecule has 0 bridgehead atoms. The Labute approximate surface area is 104 Å². The Morgan fingerprint density at radius 1 is 1.20 bits per heavy atom. The van der Waals surface area contributed by atoms with Crippen LogP contribution in [0.2, 0.25) is 15.1 Å². The molecule has 0 unspecified atom stereocenters. The molecule has 0 aliphatic rings. The molecule has 2 N–H and O–H groups in total. The first-order valence-electron chi connectivity index (χ1n) is 4.40. The number of hydrogen-bond acceptors (Lipinski definition) is 2. The second-order valence-electron chi connectivity index (χ2n) is 3.91. The third-order valence-electron chi connectivity index (χ3n) is 1.70. The minimum absolute atomic E-state index is 0.355. The van der Waals surface area contributed by atoms with Crippen LogP contribution >= 0.6 is 34.8 Å². The zero-order chi connectivity index (χ0) is 11.6. The number of rotatable bonds is 3. The van der Waals surface area contributed by atoms with Gasteiger partial charge in [0.2, 0.25) is 0 Å².